The fraction of sp³-hybridized carbons (Fsp3) is 0.467. The molecule has 0 aliphatic carbocycles. The Morgan fingerprint density at radius 1 is 1.20 bits per heavy atom. The molecule has 1 aromatic rings. The van der Waals surface area contributed by atoms with Crippen molar-refractivity contribution in [1.29, 1.82) is 0 Å². The number of methoxy groups -OCH3 is 1. The van der Waals surface area contributed by atoms with Gasteiger partial charge in [-0.2, -0.15) is 0 Å². The summed E-state index contributed by atoms with van der Waals surface area (Å²) in [6, 6.07) is 7.45. The van der Waals surface area contributed by atoms with E-state index in [1.54, 1.807) is 21.0 Å². The second kappa shape index (κ2) is 7.05. The molecule has 2 amide bonds. The molecule has 0 aromatic heterocycles. The number of ether oxygens (including phenoxy) is 1. The molecule has 0 saturated carbocycles. The van der Waals surface area contributed by atoms with Crippen LogP contribution < -0.4 is 10.6 Å². The highest BCUT2D eigenvalue weighted by molar-refractivity contribution is 6.10. The minimum Gasteiger partial charge on any atom is -0.383 e. The largest absolute Gasteiger partial charge is 0.383 e. The van der Waals surface area contributed by atoms with E-state index in [2.05, 4.69) is 10.6 Å². The maximum Gasteiger partial charge on any atom is 0.239 e. The minimum absolute atomic E-state index is 0.319. The Bertz CT molecular complexity index is 484. The van der Waals surface area contributed by atoms with Crippen LogP contribution in [0.15, 0.2) is 24.3 Å². The summed E-state index contributed by atoms with van der Waals surface area (Å²) in [7, 11) is 1.56. The van der Waals surface area contributed by atoms with E-state index in [0.29, 0.717) is 13.2 Å². The van der Waals surface area contributed by atoms with Gasteiger partial charge in [0, 0.05) is 19.3 Å². The molecule has 110 valence electrons. The zero-order chi connectivity index (χ0) is 15.2. The second-order valence-corrected chi connectivity index (χ2v) is 5.14. The number of carbonyl (C=O) groups excluding carboxylic acids is 2. The van der Waals surface area contributed by atoms with E-state index in [1.165, 1.54) is 0 Å². The Kier molecular flexibility index (Phi) is 5.70. The number of hydrogen-bond acceptors (Lipinski definition) is 3. The summed E-state index contributed by atoms with van der Waals surface area (Å²) in [6.45, 7) is 5.91. The van der Waals surface area contributed by atoms with Gasteiger partial charge in [0.2, 0.25) is 11.8 Å². The lowest BCUT2D eigenvalue weighted by Gasteiger charge is -2.23. The second-order valence-electron chi connectivity index (χ2n) is 5.14. The van der Waals surface area contributed by atoms with Crippen molar-refractivity contribution in [3.63, 3.8) is 0 Å². The van der Waals surface area contributed by atoms with E-state index in [1.807, 2.05) is 31.2 Å². The number of rotatable bonds is 6. The molecular weight excluding hydrogens is 256 g/mol. The number of aryl methyl sites for hydroxylation is 1. The SMILES string of the molecule is COCCNC(=O)C(C)(C)C(=O)Nc1ccccc1C. The van der Waals surface area contributed by atoms with E-state index in [4.69, 9.17) is 4.74 Å². The van der Waals surface area contributed by atoms with Crippen molar-refractivity contribution in [2.24, 2.45) is 5.41 Å². The maximum atomic E-state index is 12.3. The smallest absolute Gasteiger partial charge is 0.239 e. The lowest BCUT2D eigenvalue weighted by molar-refractivity contribution is -0.138. The summed E-state index contributed by atoms with van der Waals surface area (Å²) >= 11 is 0. The Balaban J connectivity index is 2.69. The lowest BCUT2D eigenvalue weighted by Crippen LogP contribution is -2.46. The monoisotopic (exact) mass is 278 g/mol. The van der Waals surface area contributed by atoms with Gasteiger partial charge in [-0.05, 0) is 32.4 Å². The molecular formula is C15H22N2O3. The molecule has 0 saturated heterocycles. The van der Waals surface area contributed by atoms with Gasteiger partial charge in [-0.15, -0.1) is 0 Å². The van der Waals surface area contributed by atoms with Crippen LogP contribution in [0.2, 0.25) is 0 Å². The Labute approximate surface area is 119 Å². The third-order valence-electron chi connectivity index (χ3n) is 3.12. The fourth-order valence-electron chi connectivity index (χ4n) is 1.58. The van der Waals surface area contributed by atoms with Crippen molar-refractivity contribution >= 4 is 17.5 Å². The highest BCUT2D eigenvalue weighted by Gasteiger charge is 2.35. The van der Waals surface area contributed by atoms with Crippen molar-refractivity contribution in [3.8, 4) is 0 Å². The first-order valence-corrected chi connectivity index (χ1v) is 6.54. The summed E-state index contributed by atoms with van der Waals surface area (Å²) in [5.41, 5.74) is 0.530. The molecule has 5 nitrogen and oxygen atoms in total. The number of amides is 2. The van der Waals surface area contributed by atoms with Crippen molar-refractivity contribution < 1.29 is 14.3 Å². The molecule has 0 unspecified atom stereocenters. The van der Waals surface area contributed by atoms with Crippen LogP contribution >= 0.6 is 0 Å². The molecule has 0 heterocycles. The van der Waals surface area contributed by atoms with Gasteiger partial charge in [-0.25, -0.2) is 0 Å². The van der Waals surface area contributed by atoms with Gasteiger partial charge in [0.15, 0.2) is 0 Å². The molecule has 0 aliphatic heterocycles. The number of anilines is 1. The number of nitrogens with one attached hydrogen (secondary N) is 2. The summed E-state index contributed by atoms with van der Waals surface area (Å²) in [6.07, 6.45) is 0. The van der Waals surface area contributed by atoms with E-state index < -0.39 is 5.41 Å². The Morgan fingerprint density at radius 3 is 2.45 bits per heavy atom. The number of hydrogen-bond donors (Lipinski definition) is 2. The average Bonchev–Trinajstić information content (AvgIpc) is 2.41. The van der Waals surface area contributed by atoms with Crippen LogP contribution in [-0.2, 0) is 14.3 Å². The van der Waals surface area contributed by atoms with Crippen LogP contribution in [0.1, 0.15) is 19.4 Å². The van der Waals surface area contributed by atoms with E-state index in [-0.39, 0.29) is 11.8 Å². The first-order chi connectivity index (χ1) is 9.39. The van der Waals surface area contributed by atoms with Crippen molar-refractivity contribution in [2.45, 2.75) is 20.8 Å². The molecule has 20 heavy (non-hydrogen) atoms. The van der Waals surface area contributed by atoms with Crippen LogP contribution in [0.5, 0.6) is 0 Å². The molecule has 0 atom stereocenters. The van der Waals surface area contributed by atoms with Crippen LogP contribution in [0.3, 0.4) is 0 Å². The van der Waals surface area contributed by atoms with Gasteiger partial charge in [-0.3, -0.25) is 9.59 Å². The topological polar surface area (TPSA) is 67.4 Å². The Hall–Kier alpha value is -1.88. The molecule has 0 spiro atoms. The number of benzene rings is 1. The number of carbonyl (C=O) groups is 2. The third kappa shape index (κ3) is 4.06. The standard InChI is InChI=1S/C15H22N2O3/c1-11-7-5-6-8-12(11)17-14(19)15(2,3)13(18)16-9-10-20-4/h5-8H,9-10H2,1-4H3,(H,16,18)(H,17,19). The molecule has 0 aliphatic rings. The fourth-order valence-corrected chi connectivity index (χ4v) is 1.58. The van der Waals surface area contributed by atoms with Crippen LogP contribution in [-0.4, -0.2) is 32.1 Å². The van der Waals surface area contributed by atoms with Crippen LogP contribution in [0.25, 0.3) is 0 Å². The first kappa shape index (κ1) is 16.2. The Morgan fingerprint density at radius 2 is 1.85 bits per heavy atom. The molecule has 0 bridgehead atoms. The molecule has 0 fully saturated rings. The molecule has 1 aromatic carbocycles. The average molecular weight is 278 g/mol. The molecule has 1 rings (SSSR count). The quantitative estimate of drug-likeness (QED) is 0.615. The van der Waals surface area contributed by atoms with Crippen molar-refractivity contribution in [3.05, 3.63) is 29.8 Å². The zero-order valence-corrected chi connectivity index (χ0v) is 12.4. The van der Waals surface area contributed by atoms with Gasteiger partial charge in [0.05, 0.1) is 6.61 Å². The van der Waals surface area contributed by atoms with Crippen LogP contribution in [0, 0.1) is 12.3 Å². The number of para-hydroxylation sites is 1. The highest BCUT2D eigenvalue weighted by Crippen LogP contribution is 2.20. The van der Waals surface area contributed by atoms with E-state index in [0.717, 1.165) is 11.3 Å². The summed E-state index contributed by atoms with van der Waals surface area (Å²) in [5.74, 6) is -0.651. The maximum absolute atomic E-state index is 12.3. The normalized spacial score (nSPS) is 11.0. The van der Waals surface area contributed by atoms with Crippen molar-refractivity contribution in [2.75, 3.05) is 25.6 Å². The van der Waals surface area contributed by atoms with Gasteiger partial charge in [0.25, 0.3) is 0 Å². The summed E-state index contributed by atoms with van der Waals surface area (Å²) in [4.78, 5) is 24.3. The van der Waals surface area contributed by atoms with Crippen molar-refractivity contribution in [1.82, 2.24) is 5.32 Å². The third-order valence-corrected chi connectivity index (χ3v) is 3.12. The van der Waals surface area contributed by atoms with Gasteiger partial charge < -0.3 is 15.4 Å². The summed E-state index contributed by atoms with van der Waals surface area (Å²) < 4.78 is 4.86. The molecule has 5 heteroatoms. The van der Waals surface area contributed by atoms with Crippen LogP contribution in [0.4, 0.5) is 5.69 Å². The van der Waals surface area contributed by atoms with Gasteiger partial charge in [-0.1, -0.05) is 18.2 Å². The molecule has 0 radical (unpaired) electrons. The predicted molar refractivity (Wildman–Crippen MR) is 78.5 cm³/mol. The zero-order valence-electron chi connectivity index (χ0n) is 12.4. The van der Waals surface area contributed by atoms with E-state index in [9.17, 15) is 9.59 Å². The summed E-state index contributed by atoms with van der Waals surface area (Å²) in [5, 5.41) is 5.47. The first-order valence-electron chi connectivity index (χ1n) is 6.54. The minimum atomic E-state index is -1.14. The van der Waals surface area contributed by atoms with Gasteiger partial charge in [0.1, 0.15) is 5.41 Å². The molecule has 2 N–H and O–H groups in total. The predicted octanol–water partition coefficient (Wildman–Crippen LogP) is 1.72. The van der Waals surface area contributed by atoms with Gasteiger partial charge >= 0.3 is 0 Å². The van der Waals surface area contributed by atoms with E-state index >= 15 is 0 Å². The lowest BCUT2D eigenvalue weighted by atomic mass is 9.91. The highest BCUT2D eigenvalue weighted by atomic mass is 16.5.